The van der Waals surface area contributed by atoms with Crippen molar-refractivity contribution < 1.29 is 51.6 Å². The maximum Gasteiger partial charge on any atom is 0.490 e. The minimum Gasteiger partial charge on any atom is -0.475 e. The molecule has 2 aliphatic heterocycles. The fourth-order valence-electron chi connectivity index (χ4n) is 5.53. The zero-order chi connectivity index (χ0) is 35.2. The molecular formula is C31H38F4N6O7. The van der Waals surface area contributed by atoms with Gasteiger partial charge >= 0.3 is 24.2 Å². The average Bonchev–Trinajstić information content (AvgIpc) is 3.03. The Morgan fingerprint density at radius 2 is 1.67 bits per heavy atom. The molecular weight excluding hydrogens is 644 g/mol. The number of likely N-dealkylation sites (N-methyl/N-ethyl adjacent to an activating group) is 1. The second-order valence-electron chi connectivity index (χ2n) is 11.5. The molecule has 2 aromatic carbocycles. The summed E-state index contributed by atoms with van der Waals surface area (Å²) in [5, 5.41) is 17.8. The molecule has 0 saturated carbocycles. The number of benzene rings is 2. The number of carbonyl (C=O) groups is 2. The number of nitrogens with zero attached hydrogens (tertiary/aromatic N) is 6. The van der Waals surface area contributed by atoms with Crippen molar-refractivity contribution in [1.82, 2.24) is 19.8 Å². The van der Waals surface area contributed by atoms with Gasteiger partial charge in [-0.1, -0.05) is 24.3 Å². The summed E-state index contributed by atoms with van der Waals surface area (Å²) in [7, 11) is 5.46. The van der Waals surface area contributed by atoms with Gasteiger partial charge in [0.05, 0.1) is 12.2 Å². The first-order chi connectivity index (χ1) is 22.7. The van der Waals surface area contributed by atoms with Gasteiger partial charge in [-0.25, -0.2) is 14.0 Å². The number of hydrogen-bond acceptors (Lipinski definition) is 10. The van der Waals surface area contributed by atoms with Gasteiger partial charge in [0, 0.05) is 74.5 Å². The summed E-state index contributed by atoms with van der Waals surface area (Å²) >= 11 is 0. The lowest BCUT2D eigenvalue weighted by molar-refractivity contribution is -0.192. The largest absolute Gasteiger partial charge is 0.490 e. The topological polar surface area (TPSA) is 141 Å². The molecule has 262 valence electrons. The van der Waals surface area contributed by atoms with Crippen LogP contribution in [0.1, 0.15) is 18.2 Å². The van der Waals surface area contributed by atoms with Crippen LogP contribution in [0, 0.1) is 5.82 Å². The van der Waals surface area contributed by atoms with Crippen molar-refractivity contribution in [1.29, 1.82) is 0 Å². The van der Waals surface area contributed by atoms with Crippen LogP contribution in [0.25, 0.3) is 10.8 Å². The van der Waals surface area contributed by atoms with E-state index in [1.807, 2.05) is 44.1 Å². The van der Waals surface area contributed by atoms with E-state index in [2.05, 4.69) is 9.80 Å². The lowest BCUT2D eigenvalue weighted by Gasteiger charge is -2.37. The molecule has 2 N–H and O–H groups in total. The minimum absolute atomic E-state index is 0.0604. The van der Waals surface area contributed by atoms with Gasteiger partial charge in [-0.3, -0.25) is 0 Å². The summed E-state index contributed by atoms with van der Waals surface area (Å²) in [4.78, 5) is 37.8. The van der Waals surface area contributed by atoms with E-state index in [1.54, 1.807) is 12.1 Å². The number of carboxylic acid groups (broad SMARTS) is 2. The summed E-state index contributed by atoms with van der Waals surface area (Å²) in [6.45, 7) is 5.63. The van der Waals surface area contributed by atoms with Crippen molar-refractivity contribution in [3.8, 4) is 11.8 Å². The SMILES string of the molecule is COCOc1cc(N2CCc3c(nc(O[C@H](C)CN(C)C)nc3N3CCN(C(=O)O)CC3)C2)c2ccccc2c1F.O=C(O)C(F)(F)F. The van der Waals surface area contributed by atoms with Crippen LogP contribution in [0.2, 0.25) is 0 Å². The summed E-state index contributed by atoms with van der Waals surface area (Å²) in [5.41, 5.74) is 2.71. The number of anilines is 2. The summed E-state index contributed by atoms with van der Waals surface area (Å²) in [6.07, 6.45) is -5.47. The Balaban J connectivity index is 0.000000671. The summed E-state index contributed by atoms with van der Waals surface area (Å²) in [6, 6.07) is 9.39. The molecule has 1 fully saturated rings. The number of alkyl halides is 3. The molecule has 1 amide bonds. The first-order valence-electron chi connectivity index (χ1n) is 15.0. The van der Waals surface area contributed by atoms with Gasteiger partial charge in [0.15, 0.2) is 18.4 Å². The van der Waals surface area contributed by atoms with Gasteiger partial charge in [-0.05, 0) is 27.4 Å². The normalized spacial score (nSPS) is 15.5. The maximum absolute atomic E-state index is 15.3. The molecule has 0 unspecified atom stereocenters. The molecule has 13 nitrogen and oxygen atoms in total. The van der Waals surface area contributed by atoms with Crippen LogP contribution in [0.3, 0.4) is 0 Å². The van der Waals surface area contributed by atoms with Gasteiger partial charge in [0.1, 0.15) is 11.9 Å². The van der Waals surface area contributed by atoms with E-state index in [0.717, 1.165) is 28.1 Å². The number of aromatic nitrogens is 2. The molecule has 1 aromatic heterocycles. The van der Waals surface area contributed by atoms with Crippen LogP contribution in [0.4, 0.5) is 33.9 Å². The highest BCUT2D eigenvalue weighted by Gasteiger charge is 2.38. The third-order valence-corrected chi connectivity index (χ3v) is 7.64. The predicted octanol–water partition coefficient (Wildman–Crippen LogP) is 4.08. The quantitative estimate of drug-likeness (QED) is 0.248. The number of hydrogen-bond donors (Lipinski definition) is 2. The van der Waals surface area contributed by atoms with Gasteiger partial charge in [-0.2, -0.15) is 23.1 Å². The Bertz CT molecular complexity index is 1600. The second-order valence-corrected chi connectivity index (χ2v) is 11.5. The number of aliphatic carboxylic acids is 1. The lowest BCUT2D eigenvalue weighted by Crippen LogP contribution is -2.49. The van der Waals surface area contributed by atoms with E-state index in [4.69, 9.17) is 34.1 Å². The van der Waals surface area contributed by atoms with Crippen LogP contribution in [-0.4, -0.2) is 122 Å². The van der Waals surface area contributed by atoms with Crippen molar-refractivity contribution in [2.75, 3.05) is 77.1 Å². The molecule has 0 radical (unpaired) electrons. The monoisotopic (exact) mass is 682 g/mol. The van der Waals surface area contributed by atoms with Crippen LogP contribution >= 0.6 is 0 Å². The smallest absolute Gasteiger partial charge is 0.475 e. The number of piperazine rings is 1. The Morgan fingerprint density at radius 1 is 1.02 bits per heavy atom. The third-order valence-electron chi connectivity index (χ3n) is 7.64. The lowest BCUT2D eigenvalue weighted by atomic mass is 10.0. The number of fused-ring (bicyclic) bond motifs is 2. The molecule has 1 saturated heterocycles. The van der Waals surface area contributed by atoms with Gasteiger partial charge < -0.3 is 44.0 Å². The van der Waals surface area contributed by atoms with Crippen molar-refractivity contribution in [2.45, 2.75) is 32.2 Å². The number of ether oxygens (including phenoxy) is 3. The molecule has 17 heteroatoms. The molecule has 5 rings (SSSR count). The number of rotatable bonds is 9. The standard InChI is InChI=1S/C29H37FN6O5.C2HF3O2/c1-19(16-33(2)3)41-28-31-23-17-36(10-9-22(23)27(32-28)34-11-13-35(14-12-34)29(37)38)24-15-25(40-18-39-4)26(30)21-8-6-5-7-20(21)24;3-2(4,5)1(6)7/h5-8,15,19H,9-14,16-18H2,1-4H3,(H,37,38);(H,6,7)/t19-;/m1./s1. The Kier molecular flexibility index (Phi) is 11.7. The Labute approximate surface area is 274 Å². The fraction of sp³-hybridized carbons (Fsp3) is 0.484. The van der Waals surface area contributed by atoms with Crippen LogP contribution in [0.5, 0.6) is 11.8 Å². The Hall–Kier alpha value is -4.64. The minimum atomic E-state index is -5.08. The highest BCUT2D eigenvalue weighted by molar-refractivity contribution is 5.96. The number of amides is 1. The van der Waals surface area contributed by atoms with Crippen molar-refractivity contribution >= 4 is 34.3 Å². The zero-order valence-electron chi connectivity index (χ0n) is 27.0. The van der Waals surface area contributed by atoms with Crippen molar-refractivity contribution in [3.05, 3.63) is 47.4 Å². The van der Waals surface area contributed by atoms with Gasteiger partial charge in [0.2, 0.25) is 0 Å². The van der Waals surface area contributed by atoms with Crippen LogP contribution in [0.15, 0.2) is 30.3 Å². The molecule has 0 aliphatic carbocycles. The number of methoxy groups -OCH3 is 1. The molecule has 0 spiro atoms. The summed E-state index contributed by atoms with van der Waals surface area (Å²) < 4.78 is 63.8. The molecule has 3 aromatic rings. The molecule has 2 aliphatic rings. The second kappa shape index (κ2) is 15.5. The average molecular weight is 683 g/mol. The van der Waals surface area contributed by atoms with Crippen molar-refractivity contribution in [2.24, 2.45) is 0 Å². The highest BCUT2D eigenvalue weighted by Crippen LogP contribution is 2.38. The van der Waals surface area contributed by atoms with Gasteiger partial charge in [-0.15, -0.1) is 0 Å². The number of carboxylic acids is 1. The summed E-state index contributed by atoms with van der Waals surface area (Å²) in [5.74, 6) is -2.26. The third kappa shape index (κ3) is 8.83. The number of halogens is 4. The predicted molar refractivity (Wildman–Crippen MR) is 167 cm³/mol. The molecule has 1 atom stereocenters. The Morgan fingerprint density at radius 3 is 2.25 bits per heavy atom. The van der Waals surface area contributed by atoms with E-state index < -0.39 is 24.1 Å². The highest BCUT2D eigenvalue weighted by atomic mass is 19.4. The van der Waals surface area contributed by atoms with Crippen LogP contribution < -0.4 is 19.3 Å². The zero-order valence-corrected chi connectivity index (χ0v) is 27.0. The van der Waals surface area contributed by atoms with E-state index in [9.17, 15) is 23.1 Å². The first-order valence-corrected chi connectivity index (χ1v) is 15.0. The van der Waals surface area contributed by atoms with Crippen molar-refractivity contribution in [3.63, 3.8) is 0 Å². The first kappa shape index (κ1) is 36.2. The molecule has 3 heterocycles. The van der Waals surface area contributed by atoms with Crippen LogP contribution in [-0.2, 0) is 22.5 Å². The molecule has 48 heavy (non-hydrogen) atoms. The van der Waals surface area contributed by atoms with E-state index in [-0.39, 0.29) is 18.6 Å². The fourth-order valence-corrected chi connectivity index (χ4v) is 5.53. The molecule has 0 bridgehead atoms. The van der Waals surface area contributed by atoms with E-state index >= 15 is 4.39 Å². The maximum atomic E-state index is 15.3. The van der Waals surface area contributed by atoms with E-state index in [0.29, 0.717) is 63.6 Å². The van der Waals surface area contributed by atoms with Gasteiger partial charge in [0.25, 0.3) is 0 Å². The van der Waals surface area contributed by atoms with E-state index in [1.165, 1.54) is 12.0 Å².